The van der Waals surface area contributed by atoms with E-state index >= 15 is 0 Å². The number of aryl methyl sites for hydroxylation is 1. The average molecular weight is 343 g/mol. The molecular formula is C17H17N3O3S. The molecule has 0 heterocycles. The summed E-state index contributed by atoms with van der Waals surface area (Å²) in [5.74, 6) is -0.461. The van der Waals surface area contributed by atoms with Gasteiger partial charge in [-0.05, 0) is 36.8 Å². The molecule has 7 heteroatoms. The SMILES string of the molecule is Cc1ccccc1NC(=O)CN(c1cccc(C#N)c1)S(C)(=O)=O. The summed E-state index contributed by atoms with van der Waals surface area (Å²) in [7, 11) is -3.68. The van der Waals surface area contributed by atoms with E-state index in [1.807, 2.05) is 25.1 Å². The molecule has 0 radical (unpaired) electrons. The number of benzene rings is 2. The highest BCUT2D eigenvalue weighted by atomic mass is 32.2. The Bertz CT molecular complexity index is 901. The number of nitrogens with one attached hydrogen (secondary N) is 1. The third-order valence-corrected chi connectivity index (χ3v) is 4.51. The number of nitriles is 1. The highest BCUT2D eigenvalue weighted by Gasteiger charge is 2.21. The zero-order valence-electron chi connectivity index (χ0n) is 13.4. The molecule has 0 aliphatic carbocycles. The first kappa shape index (κ1) is 17.5. The topological polar surface area (TPSA) is 90.3 Å². The minimum atomic E-state index is -3.68. The Morgan fingerprint density at radius 3 is 2.54 bits per heavy atom. The normalized spacial score (nSPS) is 10.7. The minimum Gasteiger partial charge on any atom is -0.324 e. The van der Waals surface area contributed by atoms with Crippen molar-refractivity contribution in [3.63, 3.8) is 0 Å². The standard InChI is InChI=1S/C17H17N3O3S/c1-13-6-3-4-9-16(13)19-17(21)12-20(24(2,22)23)15-8-5-7-14(10-15)11-18/h3-10H,12H2,1-2H3,(H,19,21). The molecule has 0 atom stereocenters. The molecule has 0 aliphatic heterocycles. The van der Waals surface area contributed by atoms with E-state index in [-0.39, 0.29) is 12.2 Å². The smallest absolute Gasteiger partial charge is 0.245 e. The fourth-order valence-corrected chi connectivity index (χ4v) is 3.01. The third kappa shape index (κ3) is 4.33. The van der Waals surface area contributed by atoms with Gasteiger partial charge < -0.3 is 5.32 Å². The number of rotatable bonds is 5. The molecule has 24 heavy (non-hydrogen) atoms. The molecule has 0 bridgehead atoms. The van der Waals surface area contributed by atoms with Crippen molar-refractivity contribution in [2.45, 2.75) is 6.92 Å². The van der Waals surface area contributed by atoms with Crippen molar-refractivity contribution in [1.82, 2.24) is 0 Å². The van der Waals surface area contributed by atoms with E-state index in [1.165, 1.54) is 6.07 Å². The van der Waals surface area contributed by atoms with Crippen LogP contribution in [0.25, 0.3) is 0 Å². The first-order valence-corrected chi connectivity index (χ1v) is 8.99. The zero-order chi connectivity index (χ0) is 17.7. The van der Waals surface area contributed by atoms with Crippen LogP contribution >= 0.6 is 0 Å². The van der Waals surface area contributed by atoms with Gasteiger partial charge in [-0.1, -0.05) is 24.3 Å². The summed E-state index contributed by atoms with van der Waals surface area (Å²) in [5, 5.41) is 11.7. The van der Waals surface area contributed by atoms with E-state index in [2.05, 4.69) is 5.32 Å². The van der Waals surface area contributed by atoms with E-state index in [0.29, 0.717) is 11.3 Å². The molecule has 124 valence electrons. The number of hydrogen-bond donors (Lipinski definition) is 1. The lowest BCUT2D eigenvalue weighted by Gasteiger charge is -2.22. The van der Waals surface area contributed by atoms with Crippen molar-refractivity contribution in [2.75, 3.05) is 22.4 Å². The number of carbonyl (C=O) groups excluding carboxylic acids is 1. The Morgan fingerprint density at radius 2 is 1.92 bits per heavy atom. The van der Waals surface area contributed by atoms with E-state index in [1.54, 1.807) is 30.3 Å². The Balaban J connectivity index is 2.25. The highest BCUT2D eigenvalue weighted by molar-refractivity contribution is 7.92. The van der Waals surface area contributed by atoms with Gasteiger partial charge in [-0.15, -0.1) is 0 Å². The second kappa shape index (κ2) is 7.15. The lowest BCUT2D eigenvalue weighted by molar-refractivity contribution is -0.114. The molecule has 2 rings (SSSR count). The lowest BCUT2D eigenvalue weighted by Crippen LogP contribution is -2.37. The lowest BCUT2D eigenvalue weighted by atomic mass is 10.2. The molecule has 1 N–H and O–H groups in total. The summed E-state index contributed by atoms with van der Waals surface area (Å²) in [4.78, 5) is 12.3. The van der Waals surface area contributed by atoms with Gasteiger partial charge in [0, 0.05) is 5.69 Å². The maximum atomic E-state index is 12.3. The van der Waals surface area contributed by atoms with E-state index < -0.39 is 15.9 Å². The summed E-state index contributed by atoms with van der Waals surface area (Å²) < 4.78 is 25.1. The Morgan fingerprint density at radius 1 is 1.21 bits per heavy atom. The molecule has 0 unspecified atom stereocenters. The van der Waals surface area contributed by atoms with E-state index in [4.69, 9.17) is 5.26 Å². The molecule has 0 spiro atoms. The summed E-state index contributed by atoms with van der Waals surface area (Å²) in [6.07, 6.45) is 1.02. The maximum Gasteiger partial charge on any atom is 0.245 e. The number of anilines is 2. The summed E-state index contributed by atoms with van der Waals surface area (Å²) in [5.41, 5.74) is 2.10. The number of hydrogen-bond acceptors (Lipinski definition) is 4. The van der Waals surface area contributed by atoms with Crippen molar-refractivity contribution in [3.05, 3.63) is 59.7 Å². The van der Waals surface area contributed by atoms with Crippen LogP contribution in [0, 0.1) is 18.3 Å². The van der Waals surface area contributed by atoms with Gasteiger partial charge in [0.1, 0.15) is 6.54 Å². The fourth-order valence-electron chi connectivity index (χ4n) is 2.16. The zero-order valence-corrected chi connectivity index (χ0v) is 14.2. The van der Waals surface area contributed by atoms with Crippen LogP contribution in [0.3, 0.4) is 0 Å². The van der Waals surface area contributed by atoms with Crippen LogP contribution in [0.4, 0.5) is 11.4 Å². The first-order chi connectivity index (χ1) is 11.3. The quantitative estimate of drug-likeness (QED) is 0.902. The molecule has 2 aromatic rings. The van der Waals surface area contributed by atoms with Crippen LogP contribution in [0.1, 0.15) is 11.1 Å². The predicted molar refractivity (Wildman–Crippen MR) is 93.2 cm³/mol. The average Bonchev–Trinajstić information content (AvgIpc) is 2.54. The first-order valence-electron chi connectivity index (χ1n) is 7.14. The minimum absolute atomic E-state index is 0.275. The summed E-state index contributed by atoms with van der Waals surface area (Å²) >= 11 is 0. The molecule has 0 saturated carbocycles. The van der Waals surface area contributed by atoms with Gasteiger partial charge in [-0.3, -0.25) is 9.10 Å². The van der Waals surface area contributed by atoms with Gasteiger partial charge >= 0.3 is 0 Å². The third-order valence-electron chi connectivity index (χ3n) is 3.37. The molecule has 2 aromatic carbocycles. The largest absolute Gasteiger partial charge is 0.324 e. The predicted octanol–water partition coefficient (Wildman–Crippen LogP) is 2.27. The number of sulfonamides is 1. The number of amides is 1. The molecule has 0 aromatic heterocycles. The van der Waals surface area contributed by atoms with Crippen LogP contribution in [-0.2, 0) is 14.8 Å². The fraction of sp³-hybridized carbons (Fsp3) is 0.176. The van der Waals surface area contributed by atoms with Crippen molar-refractivity contribution in [3.8, 4) is 6.07 Å². The molecule has 0 fully saturated rings. The Kier molecular flexibility index (Phi) is 5.21. The van der Waals surface area contributed by atoms with E-state index in [0.717, 1.165) is 16.1 Å². The molecular weight excluding hydrogens is 326 g/mol. The highest BCUT2D eigenvalue weighted by Crippen LogP contribution is 2.19. The molecule has 0 saturated heterocycles. The van der Waals surface area contributed by atoms with Crippen molar-refractivity contribution in [1.29, 1.82) is 5.26 Å². The summed E-state index contributed by atoms with van der Waals surface area (Å²) in [6, 6.07) is 15.3. The monoisotopic (exact) mass is 343 g/mol. The van der Waals surface area contributed by atoms with Crippen molar-refractivity contribution >= 4 is 27.3 Å². The number of carbonyl (C=O) groups is 1. The van der Waals surface area contributed by atoms with Crippen LogP contribution in [0.2, 0.25) is 0 Å². The van der Waals surface area contributed by atoms with Crippen LogP contribution in [-0.4, -0.2) is 27.1 Å². The van der Waals surface area contributed by atoms with Gasteiger partial charge in [0.15, 0.2) is 0 Å². The van der Waals surface area contributed by atoms with Gasteiger partial charge in [0.05, 0.1) is 23.6 Å². The number of para-hydroxylation sites is 1. The van der Waals surface area contributed by atoms with E-state index in [9.17, 15) is 13.2 Å². The van der Waals surface area contributed by atoms with Crippen LogP contribution in [0.5, 0.6) is 0 Å². The van der Waals surface area contributed by atoms with Gasteiger partial charge in [0.25, 0.3) is 0 Å². The second-order valence-corrected chi connectivity index (χ2v) is 7.20. The van der Waals surface area contributed by atoms with Crippen molar-refractivity contribution in [2.24, 2.45) is 0 Å². The Hall–Kier alpha value is -2.85. The van der Waals surface area contributed by atoms with Gasteiger partial charge in [0.2, 0.25) is 15.9 Å². The van der Waals surface area contributed by atoms with Crippen LogP contribution in [0.15, 0.2) is 48.5 Å². The second-order valence-electron chi connectivity index (χ2n) is 5.29. The van der Waals surface area contributed by atoms with Gasteiger partial charge in [-0.25, -0.2) is 8.42 Å². The Labute approximate surface area is 141 Å². The summed E-state index contributed by atoms with van der Waals surface area (Å²) in [6.45, 7) is 1.47. The maximum absolute atomic E-state index is 12.3. The van der Waals surface area contributed by atoms with Crippen molar-refractivity contribution < 1.29 is 13.2 Å². The molecule has 6 nitrogen and oxygen atoms in total. The van der Waals surface area contributed by atoms with Gasteiger partial charge in [-0.2, -0.15) is 5.26 Å². The molecule has 1 amide bonds. The molecule has 0 aliphatic rings. The van der Waals surface area contributed by atoms with Crippen LogP contribution < -0.4 is 9.62 Å². The number of nitrogens with zero attached hydrogens (tertiary/aromatic N) is 2.